The largest absolute Gasteiger partial charge is 0.367 e. The molecule has 0 bridgehead atoms. The Hall–Kier alpha value is -3.62. The Morgan fingerprint density at radius 1 is 1.27 bits per heavy atom. The molecule has 0 unspecified atom stereocenters. The van der Waals surface area contributed by atoms with Gasteiger partial charge in [0.15, 0.2) is 17.3 Å². The van der Waals surface area contributed by atoms with Gasteiger partial charge in [0, 0.05) is 29.7 Å². The summed E-state index contributed by atoms with van der Waals surface area (Å²) in [6.45, 7) is 0. The van der Waals surface area contributed by atoms with Gasteiger partial charge in [0.1, 0.15) is 5.82 Å². The molecule has 2 aliphatic rings. The van der Waals surface area contributed by atoms with E-state index >= 15 is 0 Å². The Balaban J connectivity index is 1.59. The molecule has 3 aromatic rings. The van der Waals surface area contributed by atoms with Crippen LogP contribution in [-0.4, -0.2) is 32.5 Å². The van der Waals surface area contributed by atoms with E-state index in [1.807, 2.05) is 0 Å². The molecule has 3 heterocycles. The summed E-state index contributed by atoms with van der Waals surface area (Å²) < 4.78 is 29.4. The summed E-state index contributed by atoms with van der Waals surface area (Å²) in [5.41, 5.74) is 2.09. The van der Waals surface area contributed by atoms with E-state index in [2.05, 4.69) is 20.7 Å². The predicted molar refractivity (Wildman–Crippen MR) is 105 cm³/mol. The Morgan fingerprint density at radius 2 is 2.10 bits per heavy atom. The minimum Gasteiger partial charge on any atom is -0.367 e. The Kier molecular flexibility index (Phi) is 4.30. The highest BCUT2D eigenvalue weighted by molar-refractivity contribution is 6.15. The molecule has 0 radical (unpaired) electrons. The third kappa shape index (κ3) is 3.42. The zero-order valence-electron chi connectivity index (χ0n) is 15.8. The third-order valence-electron chi connectivity index (χ3n) is 5.11. The van der Waals surface area contributed by atoms with Crippen molar-refractivity contribution >= 4 is 29.4 Å². The van der Waals surface area contributed by atoms with Crippen LogP contribution in [0.4, 0.5) is 14.6 Å². The summed E-state index contributed by atoms with van der Waals surface area (Å²) in [5, 5.41) is 9.98. The number of benzene rings is 1. The number of imide groups is 1. The van der Waals surface area contributed by atoms with Crippen LogP contribution in [0.5, 0.6) is 0 Å². The molecule has 1 aliphatic heterocycles. The van der Waals surface area contributed by atoms with Crippen molar-refractivity contribution in [3.63, 3.8) is 0 Å². The number of carbonyl (C=O) groups excluding carboxylic acids is 2. The maximum absolute atomic E-state index is 14.2. The van der Waals surface area contributed by atoms with Crippen molar-refractivity contribution < 1.29 is 18.4 Å². The number of hydrogen-bond acceptors (Lipinski definition) is 5. The highest BCUT2D eigenvalue weighted by atomic mass is 19.2. The first-order valence-electron chi connectivity index (χ1n) is 9.60. The molecule has 1 aliphatic carbocycles. The zero-order valence-corrected chi connectivity index (χ0v) is 15.8. The fraction of sp³-hybridized carbons (Fsp3) is 0.238. The van der Waals surface area contributed by atoms with Crippen molar-refractivity contribution in [2.45, 2.75) is 31.7 Å². The molecule has 1 saturated heterocycles. The van der Waals surface area contributed by atoms with Gasteiger partial charge in [-0.05, 0) is 30.5 Å². The van der Waals surface area contributed by atoms with Crippen molar-refractivity contribution in [1.29, 1.82) is 0 Å². The Labute approximate surface area is 169 Å². The van der Waals surface area contributed by atoms with Crippen LogP contribution in [0, 0.1) is 11.6 Å². The summed E-state index contributed by atoms with van der Waals surface area (Å²) in [6.07, 6.45) is 5.33. The fourth-order valence-electron chi connectivity index (χ4n) is 3.45. The van der Waals surface area contributed by atoms with Gasteiger partial charge in [-0.1, -0.05) is 12.1 Å². The molecule has 0 spiro atoms. The number of halogens is 2. The van der Waals surface area contributed by atoms with Crippen LogP contribution in [0.2, 0.25) is 0 Å². The van der Waals surface area contributed by atoms with Crippen LogP contribution in [0.3, 0.4) is 0 Å². The van der Waals surface area contributed by atoms with Crippen molar-refractivity contribution in [3.05, 3.63) is 64.5 Å². The highest BCUT2D eigenvalue weighted by Crippen LogP contribution is 2.27. The number of carbonyl (C=O) groups is 2. The van der Waals surface area contributed by atoms with Gasteiger partial charge in [0.25, 0.3) is 5.91 Å². The maximum Gasteiger partial charge on any atom is 0.254 e. The lowest BCUT2D eigenvalue weighted by Crippen LogP contribution is -2.19. The lowest BCUT2D eigenvalue weighted by molar-refractivity contribution is -0.124. The average molecular weight is 409 g/mol. The monoisotopic (exact) mass is 409 g/mol. The second-order valence-electron chi connectivity index (χ2n) is 7.50. The van der Waals surface area contributed by atoms with Crippen LogP contribution in [0.25, 0.3) is 11.7 Å². The second kappa shape index (κ2) is 7.01. The Bertz CT molecular complexity index is 1230. The van der Waals surface area contributed by atoms with E-state index in [1.54, 1.807) is 22.9 Å². The molecule has 30 heavy (non-hydrogen) atoms. The second-order valence-corrected chi connectivity index (χ2v) is 7.50. The number of aromatic nitrogens is 3. The van der Waals surface area contributed by atoms with E-state index in [-0.39, 0.29) is 24.3 Å². The summed E-state index contributed by atoms with van der Waals surface area (Å²) in [5.74, 6) is -1.90. The lowest BCUT2D eigenvalue weighted by Gasteiger charge is -2.11. The lowest BCUT2D eigenvalue weighted by atomic mass is 10.1. The summed E-state index contributed by atoms with van der Waals surface area (Å²) in [6, 6.07) is 6.15. The highest BCUT2D eigenvalue weighted by Gasteiger charge is 2.26. The molecule has 1 aromatic carbocycles. The van der Waals surface area contributed by atoms with Crippen molar-refractivity contribution in [2.75, 3.05) is 5.32 Å². The number of amides is 2. The normalized spacial score (nSPS) is 17.7. The summed E-state index contributed by atoms with van der Waals surface area (Å²) in [7, 11) is 0. The molecule has 1 saturated carbocycles. The van der Waals surface area contributed by atoms with Gasteiger partial charge in [0.05, 0.1) is 18.3 Å². The van der Waals surface area contributed by atoms with E-state index in [9.17, 15) is 18.4 Å². The first kappa shape index (κ1) is 18.4. The number of fused-ring (bicyclic) bond motifs is 1. The third-order valence-corrected chi connectivity index (χ3v) is 5.11. The molecule has 0 atom stereocenters. The first-order chi connectivity index (χ1) is 14.5. The average Bonchev–Trinajstić information content (AvgIpc) is 3.34. The molecule has 2 fully saturated rings. The topological polar surface area (TPSA) is 88.4 Å². The van der Waals surface area contributed by atoms with Gasteiger partial charge in [-0.15, -0.1) is 0 Å². The van der Waals surface area contributed by atoms with Gasteiger partial charge in [-0.25, -0.2) is 13.8 Å². The van der Waals surface area contributed by atoms with Crippen molar-refractivity contribution in [3.8, 4) is 0 Å². The standard InChI is InChI=1S/C21H17F2N5O2/c22-16-3-1-2-11(19(16)23)7-15-9-17(25-14-4-5-14)28-20(26-15)13(10-24-28)6-12-8-18(29)27-21(12)30/h1-3,6,9-10,14,25H,4-5,7-8H2,(H,27,29,30)/b12-6+. The molecule has 2 N–H and O–H groups in total. The van der Waals surface area contributed by atoms with Crippen molar-refractivity contribution in [1.82, 2.24) is 19.9 Å². The minimum absolute atomic E-state index is 0.00243. The molecule has 9 heteroatoms. The number of nitrogens with zero attached hydrogens (tertiary/aromatic N) is 3. The molecule has 7 nitrogen and oxygen atoms in total. The number of nitrogens with one attached hydrogen (secondary N) is 2. The molecule has 5 rings (SSSR count). The zero-order chi connectivity index (χ0) is 20.8. The van der Waals surface area contributed by atoms with Gasteiger partial charge in [-0.2, -0.15) is 9.61 Å². The van der Waals surface area contributed by atoms with Gasteiger partial charge in [0.2, 0.25) is 5.91 Å². The van der Waals surface area contributed by atoms with E-state index in [0.29, 0.717) is 34.3 Å². The summed E-state index contributed by atoms with van der Waals surface area (Å²) >= 11 is 0. The van der Waals surface area contributed by atoms with Crippen LogP contribution in [0.15, 0.2) is 36.0 Å². The fourth-order valence-corrected chi connectivity index (χ4v) is 3.45. The van der Waals surface area contributed by atoms with Crippen LogP contribution in [0.1, 0.15) is 36.1 Å². The van der Waals surface area contributed by atoms with E-state index in [4.69, 9.17) is 0 Å². The first-order valence-corrected chi connectivity index (χ1v) is 9.60. The Morgan fingerprint density at radius 3 is 2.83 bits per heavy atom. The van der Waals surface area contributed by atoms with Gasteiger partial charge in [-0.3, -0.25) is 14.9 Å². The molecule has 2 aromatic heterocycles. The molecule has 152 valence electrons. The van der Waals surface area contributed by atoms with Crippen molar-refractivity contribution in [2.24, 2.45) is 0 Å². The van der Waals surface area contributed by atoms with Gasteiger partial charge >= 0.3 is 0 Å². The van der Waals surface area contributed by atoms with E-state index in [1.165, 1.54) is 12.1 Å². The molecule has 2 amide bonds. The van der Waals surface area contributed by atoms with Gasteiger partial charge < -0.3 is 5.32 Å². The van der Waals surface area contributed by atoms with Crippen LogP contribution in [-0.2, 0) is 16.0 Å². The van der Waals surface area contributed by atoms with Crippen LogP contribution >= 0.6 is 0 Å². The van der Waals surface area contributed by atoms with E-state index in [0.717, 1.165) is 18.9 Å². The summed E-state index contributed by atoms with van der Waals surface area (Å²) in [4.78, 5) is 28.0. The number of rotatable bonds is 5. The van der Waals surface area contributed by atoms with E-state index < -0.39 is 17.5 Å². The van der Waals surface area contributed by atoms with Crippen LogP contribution < -0.4 is 10.6 Å². The maximum atomic E-state index is 14.2. The smallest absolute Gasteiger partial charge is 0.254 e. The minimum atomic E-state index is -0.906. The predicted octanol–water partition coefficient (Wildman–Crippen LogP) is 2.60. The SMILES string of the molecule is O=C1C/C(=C\c2cnn3c(NC4CC4)cc(Cc4cccc(F)c4F)nc23)C(=O)N1. The quantitative estimate of drug-likeness (QED) is 0.500. The number of hydrogen-bond donors (Lipinski definition) is 2. The molecular weight excluding hydrogens is 392 g/mol. The molecular formula is C21H17F2N5O2. The number of anilines is 1.